The highest BCUT2D eigenvalue weighted by Crippen LogP contribution is 2.12. The van der Waals surface area contributed by atoms with Crippen LogP contribution in [0.4, 0.5) is 0 Å². The highest BCUT2D eigenvalue weighted by molar-refractivity contribution is 7.89. The van der Waals surface area contributed by atoms with Crippen LogP contribution in [0.2, 0.25) is 0 Å². The van der Waals surface area contributed by atoms with Gasteiger partial charge in [0.15, 0.2) is 0 Å². The molecule has 66 valence electrons. The molecule has 0 radical (unpaired) electrons. The lowest BCUT2D eigenvalue weighted by atomic mass is 10.4. The van der Waals surface area contributed by atoms with Crippen LogP contribution in [0.1, 0.15) is 12.8 Å². The van der Waals surface area contributed by atoms with Gasteiger partial charge in [-0.1, -0.05) is 0 Å². The van der Waals surface area contributed by atoms with Crippen molar-refractivity contribution in [3.8, 4) is 0 Å². The van der Waals surface area contributed by atoms with E-state index >= 15 is 0 Å². The minimum absolute atomic E-state index is 0.0779. The summed E-state index contributed by atoms with van der Waals surface area (Å²) >= 11 is 5.36. The Morgan fingerprint density at radius 1 is 1.27 bits per heavy atom. The van der Waals surface area contributed by atoms with Crippen LogP contribution in [0.3, 0.4) is 0 Å². The standard InChI is InChI=1S/C6H12ClNO2S/c7-3-6-11(9,10)8-4-1-2-5-8/h1-6H2. The number of rotatable bonds is 3. The molecule has 1 aliphatic heterocycles. The van der Waals surface area contributed by atoms with Crippen LogP contribution in [-0.4, -0.2) is 37.4 Å². The lowest BCUT2D eigenvalue weighted by Gasteiger charge is -2.13. The fraction of sp³-hybridized carbons (Fsp3) is 1.00. The fourth-order valence-corrected chi connectivity index (χ4v) is 3.05. The molecule has 0 aromatic rings. The zero-order valence-electron chi connectivity index (χ0n) is 6.29. The van der Waals surface area contributed by atoms with Crippen molar-refractivity contribution >= 4 is 21.6 Å². The van der Waals surface area contributed by atoms with E-state index in [0.29, 0.717) is 13.1 Å². The molecule has 0 bridgehead atoms. The smallest absolute Gasteiger partial charge is 0.212 e. The summed E-state index contributed by atoms with van der Waals surface area (Å²) in [5.41, 5.74) is 0. The zero-order chi connectivity index (χ0) is 8.32. The Morgan fingerprint density at radius 3 is 2.27 bits per heavy atom. The van der Waals surface area contributed by atoms with Crippen LogP contribution in [0.15, 0.2) is 0 Å². The van der Waals surface area contributed by atoms with Gasteiger partial charge in [0.25, 0.3) is 0 Å². The average Bonchev–Trinajstić information content (AvgIpc) is 2.37. The van der Waals surface area contributed by atoms with Crippen molar-refractivity contribution in [2.75, 3.05) is 24.7 Å². The minimum Gasteiger partial charge on any atom is -0.212 e. The number of hydrogen-bond acceptors (Lipinski definition) is 2. The van der Waals surface area contributed by atoms with Crippen molar-refractivity contribution in [3.63, 3.8) is 0 Å². The highest BCUT2D eigenvalue weighted by atomic mass is 35.5. The average molecular weight is 198 g/mol. The maximum Gasteiger partial charge on any atom is 0.215 e. The Labute approximate surface area is 72.4 Å². The van der Waals surface area contributed by atoms with Crippen molar-refractivity contribution in [2.24, 2.45) is 0 Å². The van der Waals surface area contributed by atoms with Crippen LogP contribution >= 0.6 is 11.6 Å². The number of sulfonamides is 1. The van der Waals surface area contributed by atoms with Gasteiger partial charge in [0.05, 0.1) is 5.75 Å². The molecule has 1 aliphatic rings. The Balaban J connectivity index is 2.56. The first kappa shape index (κ1) is 9.29. The summed E-state index contributed by atoms with van der Waals surface area (Å²) in [6, 6.07) is 0. The van der Waals surface area contributed by atoms with Crippen LogP contribution in [0.5, 0.6) is 0 Å². The van der Waals surface area contributed by atoms with Crippen LogP contribution in [0, 0.1) is 0 Å². The van der Waals surface area contributed by atoms with Crippen molar-refractivity contribution in [1.82, 2.24) is 4.31 Å². The summed E-state index contributed by atoms with van der Waals surface area (Å²) < 4.78 is 24.1. The molecule has 0 aromatic carbocycles. The van der Waals surface area contributed by atoms with E-state index in [1.54, 1.807) is 0 Å². The van der Waals surface area contributed by atoms with E-state index in [1.165, 1.54) is 4.31 Å². The van der Waals surface area contributed by atoms with E-state index < -0.39 is 10.0 Å². The van der Waals surface area contributed by atoms with Crippen LogP contribution in [-0.2, 0) is 10.0 Å². The fourth-order valence-electron chi connectivity index (χ4n) is 1.19. The highest BCUT2D eigenvalue weighted by Gasteiger charge is 2.23. The molecule has 0 saturated carbocycles. The molecule has 0 atom stereocenters. The van der Waals surface area contributed by atoms with E-state index in [-0.39, 0.29) is 11.6 Å². The Kier molecular flexibility index (Phi) is 3.16. The van der Waals surface area contributed by atoms with E-state index in [9.17, 15) is 8.42 Å². The van der Waals surface area contributed by atoms with Gasteiger partial charge in [-0.25, -0.2) is 12.7 Å². The van der Waals surface area contributed by atoms with Gasteiger partial charge in [0.2, 0.25) is 10.0 Å². The third kappa shape index (κ3) is 2.32. The molecule has 0 N–H and O–H groups in total. The molecule has 1 saturated heterocycles. The lowest BCUT2D eigenvalue weighted by Crippen LogP contribution is -2.30. The molecule has 0 aromatic heterocycles. The summed E-state index contributed by atoms with van der Waals surface area (Å²) in [5.74, 6) is 0.271. The van der Waals surface area contributed by atoms with Gasteiger partial charge in [0.1, 0.15) is 0 Å². The second kappa shape index (κ2) is 3.74. The molecule has 3 nitrogen and oxygen atoms in total. The Bertz CT molecular complexity index is 209. The monoisotopic (exact) mass is 197 g/mol. The molecular weight excluding hydrogens is 186 g/mol. The molecular formula is C6H12ClNO2S. The third-order valence-electron chi connectivity index (χ3n) is 1.79. The molecule has 11 heavy (non-hydrogen) atoms. The number of halogens is 1. The van der Waals surface area contributed by atoms with Gasteiger partial charge in [-0.15, -0.1) is 11.6 Å². The maximum absolute atomic E-state index is 11.3. The summed E-state index contributed by atoms with van der Waals surface area (Å²) in [5, 5.41) is 0. The van der Waals surface area contributed by atoms with Gasteiger partial charge in [-0.2, -0.15) is 0 Å². The van der Waals surface area contributed by atoms with Gasteiger partial charge in [-0.3, -0.25) is 0 Å². The van der Waals surface area contributed by atoms with E-state index in [1.807, 2.05) is 0 Å². The predicted octanol–water partition coefficient (Wildman–Crippen LogP) is 0.651. The Hall–Kier alpha value is 0.200. The van der Waals surface area contributed by atoms with Crippen LogP contribution in [0.25, 0.3) is 0 Å². The molecule has 0 amide bonds. The first-order chi connectivity index (χ1) is 5.17. The quantitative estimate of drug-likeness (QED) is 0.624. The molecule has 0 aliphatic carbocycles. The molecule has 1 fully saturated rings. The molecule has 1 rings (SSSR count). The zero-order valence-corrected chi connectivity index (χ0v) is 7.86. The minimum atomic E-state index is -3.01. The summed E-state index contributed by atoms with van der Waals surface area (Å²) in [4.78, 5) is 0. The first-order valence-corrected chi connectivity index (χ1v) is 5.85. The maximum atomic E-state index is 11.3. The van der Waals surface area contributed by atoms with Crippen molar-refractivity contribution < 1.29 is 8.42 Å². The SMILES string of the molecule is O=S(=O)(CCCl)N1CCCC1. The second-order valence-corrected chi connectivity index (χ2v) is 5.08. The molecule has 1 heterocycles. The normalized spacial score (nSPS) is 20.8. The predicted molar refractivity (Wildman–Crippen MR) is 45.3 cm³/mol. The molecule has 0 spiro atoms. The largest absolute Gasteiger partial charge is 0.215 e. The van der Waals surface area contributed by atoms with Gasteiger partial charge in [0, 0.05) is 19.0 Å². The van der Waals surface area contributed by atoms with Crippen molar-refractivity contribution in [2.45, 2.75) is 12.8 Å². The summed E-state index contributed by atoms with van der Waals surface area (Å²) in [6.45, 7) is 1.36. The third-order valence-corrected chi connectivity index (χ3v) is 4.08. The van der Waals surface area contributed by atoms with Gasteiger partial charge >= 0.3 is 0 Å². The second-order valence-electron chi connectivity index (χ2n) is 2.61. The van der Waals surface area contributed by atoms with Crippen molar-refractivity contribution in [3.05, 3.63) is 0 Å². The molecule has 5 heteroatoms. The van der Waals surface area contributed by atoms with Crippen molar-refractivity contribution in [1.29, 1.82) is 0 Å². The van der Waals surface area contributed by atoms with Crippen LogP contribution < -0.4 is 0 Å². The number of hydrogen-bond donors (Lipinski definition) is 0. The topological polar surface area (TPSA) is 37.4 Å². The Morgan fingerprint density at radius 2 is 1.82 bits per heavy atom. The van der Waals surface area contributed by atoms with E-state index in [2.05, 4.69) is 0 Å². The molecule has 0 unspecified atom stereocenters. The lowest BCUT2D eigenvalue weighted by molar-refractivity contribution is 0.479. The first-order valence-electron chi connectivity index (χ1n) is 3.70. The number of alkyl halides is 1. The van der Waals surface area contributed by atoms with E-state index in [0.717, 1.165) is 12.8 Å². The summed E-state index contributed by atoms with van der Waals surface area (Å²) in [7, 11) is -3.01. The summed E-state index contributed by atoms with van der Waals surface area (Å²) in [6.07, 6.45) is 1.98. The van der Waals surface area contributed by atoms with E-state index in [4.69, 9.17) is 11.6 Å². The number of nitrogens with zero attached hydrogens (tertiary/aromatic N) is 1. The van der Waals surface area contributed by atoms with Gasteiger partial charge in [-0.05, 0) is 12.8 Å². The van der Waals surface area contributed by atoms with Gasteiger partial charge < -0.3 is 0 Å².